The predicted octanol–water partition coefficient (Wildman–Crippen LogP) is 3.46. The zero-order valence-corrected chi connectivity index (χ0v) is 11.5. The number of aromatic nitrogens is 2. The SMILES string of the molecule is C[C@@H](C#N)Sc1nnc(Cc2c(F)cccc2Cl)o1. The molecule has 19 heavy (non-hydrogen) atoms. The Hall–Kier alpha value is -1.58. The summed E-state index contributed by atoms with van der Waals surface area (Å²) in [6.45, 7) is 1.72. The number of nitrogens with zero attached hydrogens (tertiary/aromatic N) is 3. The second-order valence-corrected chi connectivity index (χ2v) is 5.43. The van der Waals surface area contributed by atoms with Crippen molar-refractivity contribution in [2.45, 2.75) is 23.8 Å². The largest absolute Gasteiger partial charge is 0.416 e. The van der Waals surface area contributed by atoms with Gasteiger partial charge in [0.2, 0.25) is 5.89 Å². The van der Waals surface area contributed by atoms with Crippen LogP contribution in [0.3, 0.4) is 0 Å². The average Bonchev–Trinajstić information content (AvgIpc) is 2.81. The van der Waals surface area contributed by atoms with Crippen LogP contribution in [-0.2, 0) is 6.42 Å². The van der Waals surface area contributed by atoms with Gasteiger partial charge in [0.25, 0.3) is 5.22 Å². The van der Waals surface area contributed by atoms with Crippen LogP contribution in [0.25, 0.3) is 0 Å². The quantitative estimate of drug-likeness (QED) is 0.809. The molecule has 1 aromatic carbocycles. The van der Waals surface area contributed by atoms with Gasteiger partial charge in [-0.15, -0.1) is 10.2 Å². The summed E-state index contributed by atoms with van der Waals surface area (Å²) < 4.78 is 18.9. The summed E-state index contributed by atoms with van der Waals surface area (Å²) in [6, 6.07) is 6.50. The Bertz CT molecular complexity index is 605. The summed E-state index contributed by atoms with van der Waals surface area (Å²) in [5.41, 5.74) is 0.317. The third kappa shape index (κ3) is 3.46. The fourth-order valence-electron chi connectivity index (χ4n) is 1.39. The number of nitriles is 1. The van der Waals surface area contributed by atoms with Gasteiger partial charge in [0.1, 0.15) is 5.82 Å². The molecule has 98 valence electrons. The van der Waals surface area contributed by atoms with Gasteiger partial charge in [-0.3, -0.25) is 0 Å². The molecule has 0 spiro atoms. The highest BCUT2D eigenvalue weighted by atomic mass is 35.5. The molecule has 1 heterocycles. The molecule has 1 atom stereocenters. The van der Waals surface area contributed by atoms with Crippen molar-refractivity contribution in [2.24, 2.45) is 0 Å². The minimum absolute atomic E-state index is 0.125. The van der Waals surface area contributed by atoms with E-state index in [4.69, 9.17) is 21.3 Å². The van der Waals surface area contributed by atoms with Gasteiger partial charge in [-0.2, -0.15) is 5.26 Å². The fourth-order valence-corrected chi connectivity index (χ4v) is 2.20. The van der Waals surface area contributed by atoms with Gasteiger partial charge in [0, 0.05) is 10.6 Å². The lowest BCUT2D eigenvalue weighted by Crippen LogP contribution is -1.94. The van der Waals surface area contributed by atoms with Crippen LogP contribution in [0.4, 0.5) is 4.39 Å². The minimum atomic E-state index is -0.412. The van der Waals surface area contributed by atoms with Gasteiger partial charge < -0.3 is 4.42 Å². The third-order valence-electron chi connectivity index (χ3n) is 2.30. The molecule has 0 radical (unpaired) electrons. The van der Waals surface area contributed by atoms with Crippen LogP contribution in [0, 0.1) is 17.1 Å². The predicted molar refractivity (Wildman–Crippen MR) is 69.4 cm³/mol. The molecule has 0 fully saturated rings. The molecule has 0 aliphatic rings. The van der Waals surface area contributed by atoms with Crippen LogP contribution in [0.1, 0.15) is 18.4 Å². The molecule has 0 bridgehead atoms. The van der Waals surface area contributed by atoms with Crippen LogP contribution in [0.5, 0.6) is 0 Å². The molecule has 0 aliphatic carbocycles. The van der Waals surface area contributed by atoms with E-state index in [2.05, 4.69) is 10.2 Å². The van der Waals surface area contributed by atoms with E-state index >= 15 is 0 Å². The Kier molecular flexibility index (Phi) is 4.40. The number of hydrogen-bond donors (Lipinski definition) is 0. The molecule has 0 N–H and O–H groups in total. The van der Waals surface area contributed by atoms with Crippen molar-refractivity contribution in [1.82, 2.24) is 10.2 Å². The zero-order chi connectivity index (χ0) is 13.8. The molecule has 2 aromatic rings. The molecule has 0 amide bonds. The topological polar surface area (TPSA) is 62.7 Å². The minimum Gasteiger partial charge on any atom is -0.416 e. The summed E-state index contributed by atoms with van der Waals surface area (Å²) >= 11 is 7.07. The Balaban J connectivity index is 2.14. The van der Waals surface area contributed by atoms with Gasteiger partial charge in [-0.25, -0.2) is 4.39 Å². The highest BCUT2D eigenvalue weighted by Crippen LogP contribution is 2.25. The normalized spacial score (nSPS) is 12.1. The standard InChI is InChI=1S/C12H9ClFN3OS/c1-7(6-15)19-12-17-16-11(18-12)5-8-9(13)3-2-4-10(8)14/h2-4,7H,5H2,1H3/t7-/m0/s1. The molecule has 0 saturated heterocycles. The Labute approximate surface area is 118 Å². The van der Waals surface area contributed by atoms with Crippen LogP contribution in [-0.4, -0.2) is 15.4 Å². The fraction of sp³-hybridized carbons (Fsp3) is 0.250. The van der Waals surface area contributed by atoms with Crippen molar-refractivity contribution in [3.05, 3.63) is 40.5 Å². The first-order chi connectivity index (χ1) is 9.10. The number of rotatable bonds is 4. The van der Waals surface area contributed by atoms with Crippen LogP contribution >= 0.6 is 23.4 Å². The van der Waals surface area contributed by atoms with Crippen molar-refractivity contribution < 1.29 is 8.81 Å². The van der Waals surface area contributed by atoms with Gasteiger partial charge >= 0.3 is 0 Å². The van der Waals surface area contributed by atoms with E-state index in [0.29, 0.717) is 10.6 Å². The Morgan fingerprint density at radius 2 is 2.32 bits per heavy atom. The number of benzene rings is 1. The number of halogens is 2. The first-order valence-corrected chi connectivity index (χ1v) is 6.67. The summed E-state index contributed by atoms with van der Waals surface area (Å²) in [6.07, 6.45) is 0.125. The van der Waals surface area contributed by atoms with Crippen LogP contribution in [0.15, 0.2) is 27.8 Å². The lowest BCUT2D eigenvalue weighted by molar-refractivity contribution is 0.418. The zero-order valence-electron chi connectivity index (χ0n) is 9.93. The smallest absolute Gasteiger partial charge is 0.277 e. The van der Waals surface area contributed by atoms with Crippen molar-refractivity contribution in [3.63, 3.8) is 0 Å². The summed E-state index contributed by atoms with van der Waals surface area (Å²) in [5.74, 6) is -0.148. The number of hydrogen-bond acceptors (Lipinski definition) is 5. The van der Waals surface area contributed by atoms with Crippen molar-refractivity contribution in [2.75, 3.05) is 0 Å². The first kappa shape index (κ1) is 13.8. The second-order valence-electron chi connectivity index (χ2n) is 3.73. The monoisotopic (exact) mass is 297 g/mol. The molecule has 7 heteroatoms. The van der Waals surface area contributed by atoms with E-state index in [9.17, 15) is 4.39 Å². The van der Waals surface area contributed by atoms with Crippen molar-refractivity contribution >= 4 is 23.4 Å². The van der Waals surface area contributed by atoms with Crippen molar-refractivity contribution in [3.8, 4) is 6.07 Å². The van der Waals surface area contributed by atoms with Crippen molar-refractivity contribution in [1.29, 1.82) is 5.26 Å². The van der Waals surface area contributed by atoms with E-state index in [0.717, 1.165) is 11.8 Å². The first-order valence-electron chi connectivity index (χ1n) is 5.41. The second kappa shape index (κ2) is 6.04. The van der Waals surface area contributed by atoms with E-state index in [1.807, 2.05) is 6.07 Å². The highest BCUT2D eigenvalue weighted by Gasteiger charge is 2.14. The summed E-state index contributed by atoms with van der Waals surface area (Å²) in [4.78, 5) is 0. The lowest BCUT2D eigenvalue weighted by Gasteiger charge is -2.02. The van der Waals surface area contributed by atoms with Crippen LogP contribution in [0.2, 0.25) is 5.02 Å². The Morgan fingerprint density at radius 1 is 1.53 bits per heavy atom. The number of thioether (sulfide) groups is 1. The Morgan fingerprint density at radius 3 is 3.00 bits per heavy atom. The molecule has 4 nitrogen and oxygen atoms in total. The lowest BCUT2D eigenvalue weighted by atomic mass is 10.1. The maximum atomic E-state index is 13.6. The molecule has 0 aliphatic heterocycles. The average molecular weight is 298 g/mol. The van der Waals surface area contributed by atoms with Gasteiger partial charge in [0.05, 0.1) is 17.7 Å². The van der Waals surface area contributed by atoms with Gasteiger partial charge in [0.15, 0.2) is 0 Å². The maximum absolute atomic E-state index is 13.6. The molecular formula is C12H9ClFN3OS. The molecule has 2 rings (SSSR count). The van der Waals surface area contributed by atoms with E-state index < -0.39 is 5.82 Å². The summed E-state index contributed by atoms with van der Waals surface area (Å²) in [7, 11) is 0. The molecule has 0 saturated carbocycles. The van der Waals surface area contributed by atoms with E-state index in [-0.39, 0.29) is 22.8 Å². The summed E-state index contributed by atoms with van der Waals surface area (Å²) in [5, 5.41) is 16.6. The van der Waals surface area contributed by atoms with Crippen LogP contribution < -0.4 is 0 Å². The third-order valence-corrected chi connectivity index (χ3v) is 3.48. The maximum Gasteiger partial charge on any atom is 0.277 e. The molecule has 1 aromatic heterocycles. The highest BCUT2D eigenvalue weighted by molar-refractivity contribution is 7.99. The van der Waals surface area contributed by atoms with E-state index in [1.54, 1.807) is 13.0 Å². The molecular weight excluding hydrogens is 289 g/mol. The van der Waals surface area contributed by atoms with Gasteiger partial charge in [-0.1, -0.05) is 17.7 Å². The molecule has 0 unspecified atom stereocenters. The van der Waals surface area contributed by atoms with E-state index in [1.165, 1.54) is 12.1 Å². The van der Waals surface area contributed by atoms with Gasteiger partial charge in [-0.05, 0) is 30.8 Å².